The summed E-state index contributed by atoms with van der Waals surface area (Å²) in [6.07, 6.45) is 15.0. The Hall–Kier alpha value is -2.93. The molecule has 31 heavy (non-hydrogen) atoms. The third-order valence-corrected chi connectivity index (χ3v) is 5.25. The maximum atomic E-state index is 12.7. The Labute approximate surface area is 184 Å². The minimum atomic E-state index is -0.250. The number of carbonyl (C=O) groups excluding carboxylic acids is 2. The van der Waals surface area contributed by atoms with E-state index in [1.807, 2.05) is 49.3 Å². The molecule has 1 aliphatic carbocycles. The van der Waals surface area contributed by atoms with E-state index in [-0.39, 0.29) is 18.5 Å². The number of nitrogens with one attached hydrogen (secondary N) is 1. The SMILES string of the molecule is C=O.CCCCC1CCC(C)N1NC(=O)c1ccc(OC2C=CC=CC2)cc1.O=CO. The van der Waals surface area contributed by atoms with Gasteiger partial charge < -0.3 is 14.6 Å². The van der Waals surface area contributed by atoms with E-state index in [0.717, 1.165) is 31.4 Å². The zero-order valence-corrected chi connectivity index (χ0v) is 18.4. The number of carbonyl (C=O) groups is 3. The zero-order valence-electron chi connectivity index (χ0n) is 18.4. The van der Waals surface area contributed by atoms with Crippen LogP contribution in [0.5, 0.6) is 5.75 Å². The number of ether oxygens (including phenoxy) is 1. The monoisotopic (exact) mass is 430 g/mol. The number of benzene rings is 1. The van der Waals surface area contributed by atoms with Crippen molar-refractivity contribution < 1.29 is 24.2 Å². The van der Waals surface area contributed by atoms with Gasteiger partial charge in [0, 0.05) is 24.1 Å². The molecule has 1 amide bonds. The van der Waals surface area contributed by atoms with Gasteiger partial charge in [-0.25, -0.2) is 5.01 Å². The number of nitrogens with zero attached hydrogens (tertiary/aromatic N) is 1. The molecule has 1 saturated heterocycles. The fourth-order valence-electron chi connectivity index (χ4n) is 3.68. The molecule has 1 aromatic rings. The molecule has 7 heteroatoms. The molecule has 0 aromatic heterocycles. The molecular formula is C24H34N2O5. The fourth-order valence-corrected chi connectivity index (χ4v) is 3.68. The highest BCUT2D eigenvalue weighted by molar-refractivity contribution is 5.94. The lowest BCUT2D eigenvalue weighted by Crippen LogP contribution is -2.48. The number of allylic oxidation sites excluding steroid dienone is 2. The van der Waals surface area contributed by atoms with Gasteiger partial charge in [0.25, 0.3) is 12.4 Å². The quantitative estimate of drug-likeness (QED) is 0.631. The highest BCUT2D eigenvalue weighted by atomic mass is 16.5. The number of hydrogen-bond acceptors (Lipinski definition) is 5. The van der Waals surface area contributed by atoms with Crippen LogP contribution in [0, 0.1) is 0 Å². The maximum Gasteiger partial charge on any atom is 0.290 e. The smallest absolute Gasteiger partial charge is 0.290 e. The van der Waals surface area contributed by atoms with Crippen LogP contribution < -0.4 is 10.2 Å². The van der Waals surface area contributed by atoms with Crippen molar-refractivity contribution in [1.82, 2.24) is 10.4 Å². The molecule has 3 atom stereocenters. The predicted molar refractivity (Wildman–Crippen MR) is 121 cm³/mol. The molecular weight excluding hydrogens is 396 g/mol. The van der Waals surface area contributed by atoms with Crippen molar-refractivity contribution >= 4 is 19.2 Å². The van der Waals surface area contributed by atoms with Crippen LogP contribution in [0.15, 0.2) is 48.6 Å². The van der Waals surface area contributed by atoms with Crippen molar-refractivity contribution in [3.8, 4) is 5.75 Å². The van der Waals surface area contributed by atoms with E-state index in [0.29, 0.717) is 17.6 Å². The molecule has 0 radical (unpaired) electrons. The van der Waals surface area contributed by atoms with Crippen LogP contribution in [0.25, 0.3) is 0 Å². The van der Waals surface area contributed by atoms with E-state index in [1.165, 1.54) is 12.8 Å². The van der Waals surface area contributed by atoms with Crippen LogP contribution in [0.4, 0.5) is 0 Å². The number of amides is 1. The third kappa shape index (κ3) is 8.76. The second-order valence-corrected chi connectivity index (χ2v) is 7.41. The van der Waals surface area contributed by atoms with Crippen molar-refractivity contribution in [2.75, 3.05) is 0 Å². The van der Waals surface area contributed by atoms with E-state index < -0.39 is 0 Å². The molecule has 3 unspecified atom stereocenters. The number of carboxylic acid groups (broad SMARTS) is 1. The fraction of sp³-hybridized carbons (Fsp3) is 0.458. The average Bonchev–Trinajstić information content (AvgIpc) is 3.14. The van der Waals surface area contributed by atoms with E-state index in [9.17, 15) is 4.79 Å². The predicted octanol–water partition coefficient (Wildman–Crippen LogP) is 4.15. The molecule has 2 N–H and O–H groups in total. The first-order chi connectivity index (χ1) is 15.1. The van der Waals surface area contributed by atoms with E-state index in [4.69, 9.17) is 19.4 Å². The molecule has 1 heterocycles. The molecule has 0 saturated carbocycles. The van der Waals surface area contributed by atoms with Gasteiger partial charge in [-0.3, -0.25) is 15.0 Å². The summed E-state index contributed by atoms with van der Waals surface area (Å²) < 4.78 is 5.92. The third-order valence-electron chi connectivity index (χ3n) is 5.25. The topological polar surface area (TPSA) is 95.9 Å². The second kappa shape index (κ2) is 15.0. The Morgan fingerprint density at radius 1 is 1.26 bits per heavy atom. The van der Waals surface area contributed by atoms with Gasteiger partial charge in [0.1, 0.15) is 18.6 Å². The first kappa shape index (κ1) is 26.1. The zero-order chi connectivity index (χ0) is 23.1. The van der Waals surface area contributed by atoms with Crippen molar-refractivity contribution in [3.63, 3.8) is 0 Å². The van der Waals surface area contributed by atoms with Crippen LogP contribution in [0.3, 0.4) is 0 Å². The maximum absolute atomic E-state index is 12.7. The Bertz CT molecular complexity index is 717. The highest BCUT2D eigenvalue weighted by Crippen LogP contribution is 2.26. The Balaban J connectivity index is 0.000000884. The van der Waals surface area contributed by atoms with E-state index >= 15 is 0 Å². The molecule has 3 rings (SSSR count). The van der Waals surface area contributed by atoms with Crippen molar-refractivity contribution in [2.45, 2.75) is 70.6 Å². The number of unbranched alkanes of at least 4 members (excludes halogenated alkanes) is 1. The molecule has 7 nitrogen and oxygen atoms in total. The van der Waals surface area contributed by atoms with Gasteiger partial charge in [-0.05, 0) is 56.5 Å². The Morgan fingerprint density at radius 2 is 1.94 bits per heavy atom. The van der Waals surface area contributed by atoms with Crippen molar-refractivity contribution in [3.05, 3.63) is 54.1 Å². The van der Waals surface area contributed by atoms with Gasteiger partial charge in [0.2, 0.25) is 0 Å². The van der Waals surface area contributed by atoms with Gasteiger partial charge in [0.05, 0.1) is 0 Å². The van der Waals surface area contributed by atoms with Gasteiger partial charge >= 0.3 is 0 Å². The summed E-state index contributed by atoms with van der Waals surface area (Å²) in [5.41, 5.74) is 3.81. The summed E-state index contributed by atoms with van der Waals surface area (Å²) in [6.45, 7) is 6.15. The molecule has 170 valence electrons. The van der Waals surface area contributed by atoms with Crippen molar-refractivity contribution in [2.24, 2.45) is 0 Å². The van der Waals surface area contributed by atoms with Gasteiger partial charge in [-0.2, -0.15) is 0 Å². The van der Waals surface area contributed by atoms with Crippen LogP contribution in [-0.4, -0.2) is 47.5 Å². The average molecular weight is 431 g/mol. The molecule has 1 fully saturated rings. The van der Waals surface area contributed by atoms with Gasteiger partial charge in [0.15, 0.2) is 0 Å². The number of hydrogen-bond donors (Lipinski definition) is 2. The standard InChI is InChI=1S/C22H30N2O2.CH2O2.CH2O/c1-3-4-8-19-14-11-17(2)24(19)23-22(25)18-12-15-21(16-13-18)26-20-9-6-5-7-10-20;2-1-3;1-2/h5-7,9,12-13,15-17,19-20H,3-4,8,10-11,14H2,1-2H3,(H,23,25);1H,(H,2,3);1H2. The second-order valence-electron chi connectivity index (χ2n) is 7.41. The molecule has 0 spiro atoms. The lowest BCUT2D eigenvalue weighted by atomic mass is 10.1. The molecule has 0 bridgehead atoms. The van der Waals surface area contributed by atoms with E-state index in [1.54, 1.807) is 0 Å². The van der Waals surface area contributed by atoms with Crippen LogP contribution in [0.1, 0.15) is 62.7 Å². The summed E-state index contributed by atoms with van der Waals surface area (Å²) in [4.78, 5) is 29.0. The van der Waals surface area contributed by atoms with Gasteiger partial charge in [-0.15, -0.1) is 0 Å². The first-order valence-corrected chi connectivity index (χ1v) is 10.6. The normalized spacial score (nSPS) is 21.8. The highest BCUT2D eigenvalue weighted by Gasteiger charge is 2.31. The van der Waals surface area contributed by atoms with Crippen LogP contribution >= 0.6 is 0 Å². The number of hydrazine groups is 1. The minimum Gasteiger partial charge on any atom is -0.486 e. The van der Waals surface area contributed by atoms with Crippen molar-refractivity contribution in [1.29, 1.82) is 0 Å². The lowest BCUT2D eigenvalue weighted by molar-refractivity contribution is -0.122. The first-order valence-electron chi connectivity index (χ1n) is 10.6. The summed E-state index contributed by atoms with van der Waals surface area (Å²) in [5, 5.41) is 9.06. The lowest BCUT2D eigenvalue weighted by Gasteiger charge is -2.28. The van der Waals surface area contributed by atoms with Crippen LogP contribution in [0.2, 0.25) is 0 Å². The van der Waals surface area contributed by atoms with E-state index in [2.05, 4.69) is 30.4 Å². The summed E-state index contributed by atoms with van der Waals surface area (Å²) in [7, 11) is 0. The van der Waals surface area contributed by atoms with Gasteiger partial charge in [-0.1, -0.05) is 38.0 Å². The number of rotatable bonds is 7. The van der Waals surface area contributed by atoms with Crippen LogP contribution in [-0.2, 0) is 9.59 Å². The summed E-state index contributed by atoms with van der Waals surface area (Å²) >= 11 is 0. The summed E-state index contributed by atoms with van der Waals surface area (Å²) in [6, 6.07) is 8.30. The summed E-state index contributed by atoms with van der Waals surface area (Å²) in [5.74, 6) is 0.758. The molecule has 1 aromatic carbocycles. The Kier molecular flexibility index (Phi) is 12.6. The minimum absolute atomic E-state index is 0.0349. The molecule has 1 aliphatic heterocycles. The Morgan fingerprint density at radius 3 is 2.52 bits per heavy atom. The molecule has 2 aliphatic rings. The largest absolute Gasteiger partial charge is 0.486 e.